The topological polar surface area (TPSA) is 123 Å². The number of aromatic nitrogens is 3. The van der Waals surface area contributed by atoms with E-state index in [0.29, 0.717) is 31.9 Å². The third-order valence-electron chi connectivity index (χ3n) is 6.54. The molecule has 0 radical (unpaired) electrons. The normalized spacial score (nSPS) is 16.5. The number of benzene rings is 1. The number of nitrogens with zero attached hydrogens (tertiary/aromatic N) is 4. The number of aromatic amines is 1. The zero-order valence-corrected chi connectivity index (χ0v) is 23.5. The summed E-state index contributed by atoms with van der Waals surface area (Å²) in [6, 6.07) is 8.83. The fourth-order valence-electron chi connectivity index (χ4n) is 4.85. The molecule has 1 aromatic carbocycles. The van der Waals surface area contributed by atoms with Crippen molar-refractivity contribution in [1.29, 1.82) is 0 Å². The van der Waals surface area contributed by atoms with Crippen LogP contribution >= 0.6 is 0 Å². The van der Waals surface area contributed by atoms with Crippen molar-refractivity contribution in [1.82, 2.24) is 24.2 Å². The summed E-state index contributed by atoms with van der Waals surface area (Å²) in [5, 5.41) is 7.51. The standard InChI is InChI=1S/C27H39N7O3S/c1-19(2)15-34(16-20(3)4)38(36,37)24-10-6-5-9-23(24)29-14-25(35)33-13-7-8-21(17-33)32-27-22-11-12-28-26(22)30-18-31-27/h5-6,9-12,18-21,29H,7-8,13-17H2,1-4H3,(H2,28,30,31,32)/t21-/m1/s1. The van der Waals surface area contributed by atoms with Crippen LogP contribution in [0.4, 0.5) is 11.5 Å². The largest absolute Gasteiger partial charge is 0.375 e. The average molecular weight is 542 g/mol. The summed E-state index contributed by atoms with van der Waals surface area (Å²) in [5.74, 6) is 1.07. The molecule has 1 fully saturated rings. The Morgan fingerprint density at radius 1 is 1.13 bits per heavy atom. The summed E-state index contributed by atoms with van der Waals surface area (Å²) in [6.07, 6.45) is 5.15. The molecule has 11 heteroatoms. The van der Waals surface area contributed by atoms with Crippen molar-refractivity contribution in [3.63, 3.8) is 0 Å². The van der Waals surface area contributed by atoms with Gasteiger partial charge >= 0.3 is 0 Å². The smallest absolute Gasteiger partial charge is 0.245 e. The van der Waals surface area contributed by atoms with Crippen LogP contribution in [-0.2, 0) is 14.8 Å². The summed E-state index contributed by atoms with van der Waals surface area (Å²) in [5.41, 5.74) is 1.21. The Morgan fingerprint density at radius 3 is 2.61 bits per heavy atom. The van der Waals surface area contributed by atoms with Gasteiger partial charge < -0.3 is 20.5 Å². The number of H-pyrrole nitrogens is 1. The molecule has 10 nitrogen and oxygen atoms in total. The lowest BCUT2D eigenvalue weighted by Crippen LogP contribution is -2.47. The minimum absolute atomic E-state index is 0.0170. The molecule has 3 heterocycles. The molecule has 4 rings (SSSR count). The van der Waals surface area contributed by atoms with Crippen LogP contribution in [0.5, 0.6) is 0 Å². The second kappa shape index (κ2) is 12.1. The molecular formula is C27H39N7O3S. The SMILES string of the molecule is CC(C)CN(CC(C)C)S(=O)(=O)c1ccccc1NCC(=O)N1CCC[C@@H](Nc2ncnc3[nH]ccc23)C1. The van der Waals surface area contributed by atoms with Gasteiger partial charge in [0.25, 0.3) is 0 Å². The van der Waals surface area contributed by atoms with Gasteiger partial charge in [-0.15, -0.1) is 0 Å². The fraction of sp³-hybridized carbons (Fsp3) is 0.519. The molecule has 2 aromatic heterocycles. The number of rotatable bonds is 11. The molecule has 0 aliphatic carbocycles. The van der Waals surface area contributed by atoms with E-state index < -0.39 is 10.0 Å². The van der Waals surface area contributed by atoms with Gasteiger partial charge in [0.1, 0.15) is 22.7 Å². The quantitative estimate of drug-likeness (QED) is 0.338. The summed E-state index contributed by atoms with van der Waals surface area (Å²) < 4.78 is 28.8. The van der Waals surface area contributed by atoms with Crippen LogP contribution in [0.3, 0.4) is 0 Å². The van der Waals surface area contributed by atoms with Crippen molar-refractivity contribution >= 4 is 38.5 Å². The second-order valence-corrected chi connectivity index (χ2v) is 12.7. The molecule has 0 unspecified atom stereocenters. The third kappa shape index (κ3) is 6.63. The minimum atomic E-state index is -3.73. The molecule has 1 atom stereocenters. The Balaban J connectivity index is 1.42. The molecule has 0 bridgehead atoms. The lowest BCUT2D eigenvalue weighted by atomic mass is 10.1. The number of hydrogen-bond donors (Lipinski definition) is 3. The molecule has 1 amide bonds. The van der Waals surface area contributed by atoms with Gasteiger partial charge in [0, 0.05) is 38.4 Å². The van der Waals surface area contributed by atoms with E-state index in [0.717, 1.165) is 29.7 Å². The fourth-order valence-corrected chi connectivity index (χ4v) is 6.78. The number of anilines is 2. The molecule has 0 saturated carbocycles. The number of sulfonamides is 1. The molecular weight excluding hydrogens is 502 g/mol. The van der Waals surface area contributed by atoms with E-state index in [1.165, 1.54) is 6.33 Å². The summed E-state index contributed by atoms with van der Waals surface area (Å²) in [4.78, 5) is 26.9. The van der Waals surface area contributed by atoms with Gasteiger partial charge in [-0.2, -0.15) is 4.31 Å². The van der Waals surface area contributed by atoms with E-state index in [1.807, 2.05) is 44.9 Å². The van der Waals surface area contributed by atoms with Gasteiger partial charge in [-0.05, 0) is 42.9 Å². The number of carbonyl (C=O) groups is 1. The highest BCUT2D eigenvalue weighted by atomic mass is 32.2. The minimum Gasteiger partial charge on any atom is -0.375 e. The van der Waals surface area contributed by atoms with Gasteiger partial charge in [0.2, 0.25) is 15.9 Å². The highest BCUT2D eigenvalue weighted by molar-refractivity contribution is 7.89. The summed E-state index contributed by atoms with van der Waals surface area (Å²) in [6.45, 7) is 10.2. The number of para-hydroxylation sites is 1. The first-order chi connectivity index (χ1) is 18.1. The Hall–Kier alpha value is -3.18. The zero-order chi connectivity index (χ0) is 27.3. The average Bonchev–Trinajstić information content (AvgIpc) is 3.37. The van der Waals surface area contributed by atoms with Gasteiger partial charge in [-0.1, -0.05) is 39.8 Å². The van der Waals surface area contributed by atoms with Crippen LogP contribution in [0.15, 0.2) is 47.8 Å². The van der Waals surface area contributed by atoms with Gasteiger partial charge in [0.05, 0.1) is 17.6 Å². The second-order valence-electron chi connectivity index (χ2n) is 10.7. The van der Waals surface area contributed by atoms with Crippen molar-refractivity contribution in [2.45, 2.75) is 51.5 Å². The maximum absolute atomic E-state index is 13.6. The van der Waals surface area contributed by atoms with Crippen molar-refractivity contribution in [2.24, 2.45) is 11.8 Å². The van der Waals surface area contributed by atoms with Crippen LogP contribution in [0.1, 0.15) is 40.5 Å². The van der Waals surface area contributed by atoms with Gasteiger partial charge in [-0.25, -0.2) is 18.4 Å². The zero-order valence-electron chi connectivity index (χ0n) is 22.6. The van der Waals surface area contributed by atoms with Crippen LogP contribution < -0.4 is 10.6 Å². The first-order valence-corrected chi connectivity index (χ1v) is 14.7. The number of fused-ring (bicyclic) bond motifs is 1. The van der Waals surface area contributed by atoms with Crippen molar-refractivity contribution in [3.8, 4) is 0 Å². The van der Waals surface area contributed by atoms with Crippen molar-refractivity contribution in [3.05, 3.63) is 42.9 Å². The first kappa shape index (κ1) is 27.8. The highest BCUT2D eigenvalue weighted by Crippen LogP contribution is 2.26. The molecule has 1 aliphatic heterocycles. The van der Waals surface area contributed by atoms with E-state index in [9.17, 15) is 13.2 Å². The number of nitrogens with one attached hydrogen (secondary N) is 3. The first-order valence-electron chi connectivity index (χ1n) is 13.3. The lowest BCUT2D eigenvalue weighted by Gasteiger charge is -2.33. The third-order valence-corrected chi connectivity index (χ3v) is 8.43. The predicted molar refractivity (Wildman–Crippen MR) is 150 cm³/mol. The van der Waals surface area contributed by atoms with Gasteiger partial charge in [0.15, 0.2) is 0 Å². The van der Waals surface area contributed by atoms with Crippen LogP contribution in [0, 0.1) is 11.8 Å². The van der Waals surface area contributed by atoms with E-state index in [1.54, 1.807) is 28.6 Å². The summed E-state index contributed by atoms with van der Waals surface area (Å²) in [7, 11) is -3.73. The van der Waals surface area contributed by atoms with Crippen molar-refractivity contribution in [2.75, 3.05) is 43.4 Å². The van der Waals surface area contributed by atoms with E-state index in [2.05, 4.69) is 25.6 Å². The van der Waals surface area contributed by atoms with Gasteiger partial charge in [-0.3, -0.25) is 4.79 Å². The molecule has 0 spiro atoms. The lowest BCUT2D eigenvalue weighted by molar-refractivity contribution is -0.130. The molecule has 3 N–H and O–H groups in total. The number of carbonyl (C=O) groups excluding carboxylic acids is 1. The molecule has 38 heavy (non-hydrogen) atoms. The summed E-state index contributed by atoms with van der Waals surface area (Å²) >= 11 is 0. The van der Waals surface area contributed by atoms with Crippen LogP contribution in [0.25, 0.3) is 11.0 Å². The molecule has 206 valence electrons. The Labute approximate surface area is 225 Å². The van der Waals surface area contributed by atoms with E-state index in [-0.39, 0.29) is 35.2 Å². The highest BCUT2D eigenvalue weighted by Gasteiger charge is 2.29. The van der Waals surface area contributed by atoms with Crippen LogP contribution in [-0.4, -0.2) is 77.2 Å². The van der Waals surface area contributed by atoms with Crippen LogP contribution in [0.2, 0.25) is 0 Å². The maximum atomic E-state index is 13.6. The number of hydrogen-bond acceptors (Lipinski definition) is 7. The monoisotopic (exact) mass is 541 g/mol. The Bertz CT molecular complexity index is 1330. The van der Waals surface area contributed by atoms with E-state index >= 15 is 0 Å². The molecule has 1 saturated heterocycles. The predicted octanol–water partition coefficient (Wildman–Crippen LogP) is 3.78. The number of amides is 1. The Morgan fingerprint density at radius 2 is 1.87 bits per heavy atom. The maximum Gasteiger partial charge on any atom is 0.245 e. The molecule has 1 aliphatic rings. The number of likely N-dealkylation sites (tertiary alicyclic amines) is 1. The van der Waals surface area contributed by atoms with E-state index in [4.69, 9.17) is 0 Å². The Kier molecular flexibility index (Phi) is 8.88. The number of piperidine rings is 1. The van der Waals surface area contributed by atoms with Crippen molar-refractivity contribution < 1.29 is 13.2 Å². The molecule has 3 aromatic rings.